The van der Waals surface area contributed by atoms with Crippen molar-refractivity contribution in [3.63, 3.8) is 0 Å². The highest BCUT2D eigenvalue weighted by Gasteiger charge is 2.27. The van der Waals surface area contributed by atoms with E-state index in [1.807, 2.05) is 26.5 Å². The Hall–Kier alpha value is -0.530. The molecule has 0 saturated heterocycles. The van der Waals surface area contributed by atoms with Gasteiger partial charge in [0.15, 0.2) is 11.5 Å². The molecule has 0 spiro atoms. The van der Waals surface area contributed by atoms with Crippen LogP contribution in [0.15, 0.2) is 45.8 Å². The van der Waals surface area contributed by atoms with Crippen molar-refractivity contribution in [3.8, 4) is 0 Å². The van der Waals surface area contributed by atoms with Crippen LogP contribution in [0.4, 0.5) is 0 Å². The Morgan fingerprint density at radius 1 is 1.27 bits per heavy atom. The fourth-order valence-electron chi connectivity index (χ4n) is 2.33. The molecule has 0 bridgehead atoms. The molecule has 1 saturated carbocycles. The summed E-state index contributed by atoms with van der Waals surface area (Å²) in [5, 5.41) is 1.33. The summed E-state index contributed by atoms with van der Waals surface area (Å²) >= 11 is 14.9. The summed E-state index contributed by atoms with van der Waals surface area (Å²) in [6, 6.07) is 0. The minimum Gasteiger partial charge on any atom is -0.491 e. The third-order valence-electron chi connectivity index (χ3n) is 3.69. The normalized spacial score (nSPS) is 22.3. The highest BCUT2D eigenvalue weighted by Crippen LogP contribution is 2.35. The van der Waals surface area contributed by atoms with Gasteiger partial charge in [0.25, 0.3) is 0 Å². The number of halogens is 3. The molecule has 4 nitrogen and oxygen atoms in total. The average Bonchev–Trinajstić information content (AvgIpc) is 3.28. The molecular weight excluding hydrogens is 438 g/mol. The third-order valence-corrected chi connectivity index (χ3v) is 4.89. The van der Waals surface area contributed by atoms with E-state index in [0.29, 0.717) is 34.8 Å². The van der Waals surface area contributed by atoms with Crippen LogP contribution in [-0.4, -0.2) is 34.8 Å². The topological polar surface area (TPSA) is 24.9 Å². The fraction of sp³-hybridized carbons (Fsp3) is 0.467. The lowest BCUT2D eigenvalue weighted by Crippen LogP contribution is -2.27. The zero-order valence-corrected chi connectivity index (χ0v) is 15.9. The highest BCUT2D eigenvalue weighted by atomic mass is 127. The number of rotatable bonds is 5. The van der Waals surface area contributed by atoms with E-state index >= 15 is 0 Å². The first kappa shape index (κ1) is 16.3. The summed E-state index contributed by atoms with van der Waals surface area (Å²) in [6.45, 7) is 2.05. The van der Waals surface area contributed by atoms with Crippen LogP contribution in [0.25, 0.3) is 0 Å². The van der Waals surface area contributed by atoms with Crippen molar-refractivity contribution in [1.29, 1.82) is 0 Å². The van der Waals surface area contributed by atoms with E-state index < -0.39 is 0 Å². The molecule has 3 aliphatic rings. The molecule has 1 aliphatic carbocycles. The summed E-state index contributed by atoms with van der Waals surface area (Å²) in [4.78, 5) is 1.99. The SMILES string of the molecule is COC1=CN(C2=C(Cl)CN(I)C=C2Cl)CC=C1OCC1CC1. The van der Waals surface area contributed by atoms with Crippen molar-refractivity contribution in [1.82, 2.24) is 8.01 Å². The van der Waals surface area contributed by atoms with E-state index in [1.54, 1.807) is 7.11 Å². The number of allylic oxidation sites excluding steroid dienone is 1. The van der Waals surface area contributed by atoms with Gasteiger partial charge < -0.3 is 17.5 Å². The van der Waals surface area contributed by atoms with Crippen LogP contribution in [0.5, 0.6) is 0 Å². The lowest BCUT2D eigenvalue weighted by atomic mass is 10.2. The van der Waals surface area contributed by atoms with Crippen molar-refractivity contribution in [2.24, 2.45) is 5.92 Å². The maximum Gasteiger partial charge on any atom is 0.176 e. The van der Waals surface area contributed by atoms with E-state index in [2.05, 4.69) is 22.9 Å². The molecule has 0 unspecified atom stereocenters. The van der Waals surface area contributed by atoms with Crippen molar-refractivity contribution in [2.75, 3.05) is 26.8 Å². The molecule has 0 amide bonds. The van der Waals surface area contributed by atoms with Crippen LogP contribution in [-0.2, 0) is 9.47 Å². The number of hydrogen-bond donors (Lipinski definition) is 0. The summed E-state index contributed by atoms with van der Waals surface area (Å²) in [5.41, 5.74) is 0.822. The summed E-state index contributed by atoms with van der Waals surface area (Å²) in [5.74, 6) is 2.21. The Morgan fingerprint density at radius 3 is 2.68 bits per heavy atom. The fourth-order valence-corrected chi connectivity index (χ4v) is 4.04. The van der Waals surface area contributed by atoms with Gasteiger partial charge in [-0.15, -0.1) is 0 Å². The number of methoxy groups -OCH3 is 1. The predicted octanol–water partition coefficient (Wildman–Crippen LogP) is 4.30. The summed E-state index contributed by atoms with van der Waals surface area (Å²) in [7, 11) is 1.64. The monoisotopic (exact) mass is 454 g/mol. The van der Waals surface area contributed by atoms with Gasteiger partial charge in [0.2, 0.25) is 0 Å². The smallest absolute Gasteiger partial charge is 0.176 e. The zero-order valence-electron chi connectivity index (χ0n) is 12.2. The van der Waals surface area contributed by atoms with Gasteiger partial charge in [0, 0.05) is 12.7 Å². The first-order valence-electron chi connectivity index (χ1n) is 7.13. The van der Waals surface area contributed by atoms with Crippen LogP contribution >= 0.6 is 46.1 Å². The summed E-state index contributed by atoms with van der Waals surface area (Å²) in [6.07, 6.45) is 8.31. The van der Waals surface area contributed by atoms with E-state index in [0.717, 1.165) is 18.1 Å². The van der Waals surface area contributed by atoms with Gasteiger partial charge in [-0.1, -0.05) is 23.2 Å². The van der Waals surface area contributed by atoms with Crippen LogP contribution in [0.3, 0.4) is 0 Å². The molecule has 0 aromatic rings. The van der Waals surface area contributed by atoms with Gasteiger partial charge in [-0.25, -0.2) is 0 Å². The zero-order chi connectivity index (χ0) is 15.7. The molecule has 120 valence electrons. The predicted molar refractivity (Wildman–Crippen MR) is 96.1 cm³/mol. The number of nitrogens with zero attached hydrogens (tertiary/aromatic N) is 2. The maximum absolute atomic E-state index is 6.39. The molecule has 1 fully saturated rings. The van der Waals surface area contributed by atoms with Crippen LogP contribution in [0.2, 0.25) is 0 Å². The molecule has 3 rings (SSSR count). The number of hydrogen-bond acceptors (Lipinski definition) is 4. The van der Waals surface area contributed by atoms with Crippen LogP contribution in [0.1, 0.15) is 12.8 Å². The van der Waals surface area contributed by atoms with E-state index in [-0.39, 0.29) is 0 Å². The van der Waals surface area contributed by atoms with Gasteiger partial charge in [-0.2, -0.15) is 0 Å². The molecule has 22 heavy (non-hydrogen) atoms. The van der Waals surface area contributed by atoms with Gasteiger partial charge in [-0.05, 0) is 24.8 Å². The molecule has 2 heterocycles. The van der Waals surface area contributed by atoms with Crippen molar-refractivity contribution >= 4 is 46.1 Å². The number of ether oxygens (including phenoxy) is 2. The molecule has 0 radical (unpaired) electrons. The minimum atomic E-state index is 0.619. The minimum absolute atomic E-state index is 0.619. The summed E-state index contributed by atoms with van der Waals surface area (Å²) < 4.78 is 13.2. The van der Waals surface area contributed by atoms with Gasteiger partial charge >= 0.3 is 0 Å². The highest BCUT2D eigenvalue weighted by molar-refractivity contribution is 14.1. The molecule has 2 aliphatic heterocycles. The van der Waals surface area contributed by atoms with E-state index in [4.69, 9.17) is 32.7 Å². The van der Waals surface area contributed by atoms with Gasteiger partial charge in [0.05, 0.1) is 65.1 Å². The second-order valence-electron chi connectivity index (χ2n) is 5.46. The maximum atomic E-state index is 6.39. The second kappa shape index (κ2) is 6.93. The Bertz CT molecular complexity index is 582. The Balaban J connectivity index is 1.75. The van der Waals surface area contributed by atoms with Crippen molar-refractivity contribution < 1.29 is 9.47 Å². The van der Waals surface area contributed by atoms with E-state index in [9.17, 15) is 0 Å². The molecule has 7 heteroatoms. The quantitative estimate of drug-likeness (QED) is 0.456. The van der Waals surface area contributed by atoms with E-state index in [1.165, 1.54) is 12.8 Å². The van der Waals surface area contributed by atoms with Crippen LogP contribution in [0, 0.1) is 5.92 Å². The Kier molecular flexibility index (Phi) is 5.14. The van der Waals surface area contributed by atoms with Crippen molar-refractivity contribution in [3.05, 3.63) is 45.8 Å². The molecular formula is C15H17Cl2IN2O2. The van der Waals surface area contributed by atoms with Gasteiger partial charge in [0.1, 0.15) is 0 Å². The molecule has 0 atom stereocenters. The average molecular weight is 455 g/mol. The van der Waals surface area contributed by atoms with Crippen LogP contribution < -0.4 is 0 Å². The first-order valence-corrected chi connectivity index (χ1v) is 8.85. The first-order chi connectivity index (χ1) is 10.6. The Labute approximate surface area is 154 Å². The second-order valence-corrected chi connectivity index (χ2v) is 7.56. The lowest BCUT2D eigenvalue weighted by Gasteiger charge is -2.31. The standard InChI is InChI=1S/C15H17Cl2IN2O2/c1-21-14-8-19(5-4-13(14)22-9-10-2-3-10)15-11(16)6-20(18)7-12(15)17/h4,6,8,10H,2-3,5,7,9H2,1H3. The lowest BCUT2D eigenvalue weighted by molar-refractivity contribution is 0.159. The van der Waals surface area contributed by atoms with Gasteiger partial charge in [-0.3, -0.25) is 0 Å². The molecule has 0 N–H and O–H groups in total. The molecule has 0 aromatic carbocycles. The van der Waals surface area contributed by atoms with Crippen molar-refractivity contribution in [2.45, 2.75) is 12.8 Å². The largest absolute Gasteiger partial charge is 0.491 e. The Morgan fingerprint density at radius 2 is 2.05 bits per heavy atom. The third kappa shape index (κ3) is 3.68. The molecule has 0 aromatic heterocycles.